The van der Waals surface area contributed by atoms with Gasteiger partial charge in [0.15, 0.2) is 0 Å². The van der Waals surface area contributed by atoms with Crippen LogP contribution < -0.4 is 5.32 Å². The van der Waals surface area contributed by atoms with E-state index in [4.69, 9.17) is 0 Å². The molecule has 0 saturated carbocycles. The Kier molecular flexibility index (Phi) is 4.07. The third-order valence-electron chi connectivity index (χ3n) is 3.57. The zero-order valence-corrected chi connectivity index (χ0v) is 12.0. The zero-order valence-electron chi connectivity index (χ0n) is 12.0. The summed E-state index contributed by atoms with van der Waals surface area (Å²) in [6.07, 6.45) is 1.53. The number of aromatic amines is 1. The third kappa shape index (κ3) is 3.17. The molecular weight excluding hydrogens is 260 g/mol. The van der Waals surface area contributed by atoms with Gasteiger partial charge >= 0.3 is 0 Å². The molecule has 0 fully saturated rings. The molecule has 1 unspecified atom stereocenters. The topological polar surface area (TPSA) is 53.6 Å². The summed E-state index contributed by atoms with van der Waals surface area (Å²) in [6, 6.07) is 19.0. The highest BCUT2D eigenvalue weighted by Crippen LogP contribution is 2.24. The van der Waals surface area contributed by atoms with Gasteiger partial charge in [0.2, 0.25) is 0 Å². The molecule has 3 rings (SSSR count). The van der Waals surface area contributed by atoms with E-state index < -0.39 is 0 Å². The highest BCUT2D eigenvalue weighted by atomic mass is 15.2. The van der Waals surface area contributed by atoms with E-state index in [0.717, 1.165) is 5.82 Å². The van der Waals surface area contributed by atoms with Crippen LogP contribution in [0.25, 0.3) is 0 Å². The lowest BCUT2D eigenvalue weighted by Crippen LogP contribution is -2.23. The van der Waals surface area contributed by atoms with Gasteiger partial charge in [-0.25, -0.2) is 4.98 Å². The van der Waals surface area contributed by atoms with Crippen LogP contribution in [0.2, 0.25) is 0 Å². The lowest BCUT2D eigenvalue weighted by Gasteiger charge is -2.21. The minimum absolute atomic E-state index is 0.137. The predicted molar refractivity (Wildman–Crippen MR) is 82.7 cm³/mol. The molecule has 0 saturated heterocycles. The van der Waals surface area contributed by atoms with Crippen molar-refractivity contribution in [1.29, 1.82) is 0 Å². The number of aryl methyl sites for hydroxylation is 1. The molecule has 0 bridgehead atoms. The van der Waals surface area contributed by atoms with Crippen molar-refractivity contribution in [1.82, 2.24) is 20.5 Å². The maximum absolute atomic E-state index is 4.17. The Morgan fingerprint density at radius 3 is 2.52 bits per heavy atom. The van der Waals surface area contributed by atoms with Crippen molar-refractivity contribution in [3.63, 3.8) is 0 Å². The first-order chi connectivity index (χ1) is 10.3. The number of hydrogen-bond donors (Lipinski definition) is 2. The molecule has 2 N–H and O–H groups in total. The summed E-state index contributed by atoms with van der Waals surface area (Å²) in [5.41, 5.74) is 3.80. The molecule has 21 heavy (non-hydrogen) atoms. The SMILES string of the molecule is Cc1ccccc1C(NCc1ncn[nH]1)c1ccccc1. The number of nitrogens with zero attached hydrogens (tertiary/aromatic N) is 2. The van der Waals surface area contributed by atoms with Crippen molar-refractivity contribution in [3.05, 3.63) is 83.4 Å². The molecule has 1 aromatic heterocycles. The van der Waals surface area contributed by atoms with Gasteiger partial charge in [0.25, 0.3) is 0 Å². The number of hydrogen-bond acceptors (Lipinski definition) is 3. The second kappa shape index (κ2) is 6.33. The summed E-state index contributed by atoms with van der Waals surface area (Å²) in [6.45, 7) is 2.79. The Hall–Kier alpha value is -2.46. The van der Waals surface area contributed by atoms with Crippen LogP contribution in [0.4, 0.5) is 0 Å². The normalized spacial score (nSPS) is 12.2. The van der Waals surface area contributed by atoms with Gasteiger partial charge in [0.1, 0.15) is 12.2 Å². The summed E-state index contributed by atoms with van der Waals surface area (Å²) in [5, 5.41) is 10.3. The first-order valence-corrected chi connectivity index (χ1v) is 7.02. The van der Waals surface area contributed by atoms with E-state index in [1.165, 1.54) is 23.0 Å². The maximum atomic E-state index is 4.17. The monoisotopic (exact) mass is 278 g/mol. The summed E-state index contributed by atoms with van der Waals surface area (Å²) < 4.78 is 0. The highest BCUT2D eigenvalue weighted by molar-refractivity contribution is 5.36. The van der Waals surface area contributed by atoms with Crippen LogP contribution in [-0.4, -0.2) is 15.2 Å². The van der Waals surface area contributed by atoms with Crippen LogP contribution in [0.5, 0.6) is 0 Å². The van der Waals surface area contributed by atoms with Gasteiger partial charge in [-0.2, -0.15) is 5.10 Å². The second-order valence-corrected chi connectivity index (χ2v) is 5.01. The number of nitrogens with one attached hydrogen (secondary N) is 2. The van der Waals surface area contributed by atoms with Gasteiger partial charge in [-0.3, -0.25) is 10.4 Å². The molecule has 0 spiro atoms. The number of H-pyrrole nitrogens is 1. The second-order valence-electron chi connectivity index (χ2n) is 5.01. The van der Waals surface area contributed by atoms with Gasteiger partial charge in [-0.1, -0.05) is 54.6 Å². The predicted octanol–water partition coefficient (Wildman–Crippen LogP) is 2.99. The van der Waals surface area contributed by atoms with Gasteiger partial charge < -0.3 is 0 Å². The summed E-state index contributed by atoms with van der Waals surface area (Å²) in [7, 11) is 0. The smallest absolute Gasteiger partial charge is 0.138 e. The average Bonchev–Trinajstić information content (AvgIpc) is 3.04. The summed E-state index contributed by atoms with van der Waals surface area (Å²) >= 11 is 0. The Balaban J connectivity index is 1.90. The summed E-state index contributed by atoms with van der Waals surface area (Å²) in [5.74, 6) is 0.838. The molecular formula is C17H18N4. The molecule has 3 aromatic rings. The maximum Gasteiger partial charge on any atom is 0.138 e. The molecule has 1 heterocycles. The van der Waals surface area contributed by atoms with E-state index >= 15 is 0 Å². The van der Waals surface area contributed by atoms with Crippen molar-refractivity contribution in [2.24, 2.45) is 0 Å². The molecule has 0 radical (unpaired) electrons. The molecule has 4 nitrogen and oxygen atoms in total. The van der Waals surface area contributed by atoms with Gasteiger partial charge in [-0.15, -0.1) is 0 Å². The molecule has 1 atom stereocenters. The molecule has 4 heteroatoms. The van der Waals surface area contributed by atoms with Crippen LogP contribution in [0.1, 0.15) is 28.6 Å². The minimum Gasteiger partial charge on any atom is -0.299 e. The van der Waals surface area contributed by atoms with Crippen molar-refractivity contribution in [2.75, 3.05) is 0 Å². The van der Waals surface area contributed by atoms with Gasteiger partial charge in [-0.05, 0) is 23.6 Å². The highest BCUT2D eigenvalue weighted by Gasteiger charge is 2.15. The fourth-order valence-corrected chi connectivity index (χ4v) is 2.48. The fraction of sp³-hybridized carbons (Fsp3) is 0.176. The van der Waals surface area contributed by atoms with E-state index in [9.17, 15) is 0 Å². The standard InChI is InChI=1S/C17H18N4/c1-13-7-5-6-10-15(13)17(14-8-3-2-4-9-14)18-11-16-19-12-20-21-16/h2-10,12,17-18H,11H2,1H3,(H,19,20,21). The summed E-state index contributed by atoms with van der Waals surface area (Å²) in [4.78, 5) is 4.17. The Bertz CT molecular complexity index is 677. The lowest BCUT2D eigenvalue weighted by molar-refractivity contribution is 0.586. The van der Waals surface area contributed by atoms with Crippen molar-refractivity contribution in [3.8, 4) is 0 Å². The van der Waals surface area contributed by atoms with Gasteiger partial charge in [0.05, 0.1) is 12.6 Å². The lowest BCUT2D eigenvalue weighted by atomic mass is 9.95. The van der Waals surface area contributed by atoms with Gasteiger partial charge in [0, 0.05) is 0 Å². The Morgan fingerprint density at radius 1 is 1.05 bits per heavy atom. The van der Waals surface area contributed by atoms with E-state index in [0.29, 0.717) is 6.54 Å². The molecule has 106 valence electrons. The Labute approximate surface area is 124 Å². The molecule has 2 aromatic carbocycles. The average molecular weight is 278 g/mol. The van der Waals surface area contributed by atoms with Crippen LogP contribution in [0.15, 0.2) is 60.9 Å². The van der Waals surface area contributed by atoms with Crippen LogP contribution in [0, 0.1) is 6.92 Å². The van der Waals surface area contributed by atoms with Crippen molar-refractivity contribution >= 4 is 0 Å². The van der Waals surface area contributed by atoms with Crippen LogP contribution >= 0.6 is 0 Å². The first-order valence-electron chi connectivity index (χ1n) is 7.02. The number of benzene rings is 2. The molecule has 0 aliphatic rings. The number of aromatic nitrogens is 3. The zero-order chi connectivity index (χ0) is 14.5. The van der Waals surface area contributed by atoms with E-state index in [-0.39, 0.29) is 6.04 Å². The largest absolute Gasteiger partial charge is 0.299 e. The van der Waals surface area contributed by atoms with E-state index in [1.807, 2.05) is 6.07 Å². The van der Waals surface area contributed by atoms with Crippen molar-refractivity contribution < 1.29 is 0 Å². The molecule has 0 amide bonds. The number of rotatable bonds is 5. The Morgan fingerprint density at radius 2 is 1.81 bits per heavy atom. The first kappa shape index (κ1) is 13.5. The van der Waals surface area contributed by atoms with Crippen LogP contribution in [-0.2, 0) is 6.54 Å². The van der Waals surface area contributed by atoms with Crippen molar-refractivity contribution in [2.45, 2.75) is 19.5 Å². The fourth-order valence-electron chi connectivity index (χ4n) is 2.48. The van der Waals surface area contributed by atoms with Crippen LogP contribution in [0.3, 0.4) is 0 Å². The molecule has 0 aliphatic carbocycles. The van der Waals surface area contributed by atoms with E-state index in [1.54, 1.807) is 0 Å². The minimum atomic E-state index is 0.137. The third-order valence-corrected chi connectivity index (χ3v) is 3.57. The quantitative estimate of drug-likeness (QED) is 0.754. The molecule has 0 aliphatic heterocycles. The van der Waals surface area contributed by atoms with E-state index in [2.05, 4.69) is 76.0 Å².